The highest BCUT2D eigenvalue weighted by molar-refractivity contribution is 7.07. The first kappa shape index (κ1) is 14.1. The third kappa shape index (κ3) is 3.64. The Labute approximate surface area is 129 Å². The van der Waals surface area contributed by atoms with E-state index in [0.29, 0.717) is 12.5 Å². The van der Waals surface area contributed by atoms with E-state index in [9.17, 15) is 4.79 Å². The minimum Gasteiger partial charge on any atom is -0.497 e. The fraction of sp³-hybridized carbons (Fsp3) is 0.353. The Kier molecular flexibility index (Phi) is 4.25. The maximum absolute atomic E-state index is 12.6. The van der Waals surface area contributed by atoms with Crippen LogP contribution in [0.2, 0.25) is 0 Å². The molecule has 0 atom stereocenters. The third-order valence-electron chi connectivity index (χ3n) is 3.76. The number of hydrogen-bond donors (Lipinski definition) is 0. The van der Waals surface area contributed by atoms with Crippen molar-refractivity contribution in [3.8, 4) is 5.75 Å². The molecule has 0 bridgehead atoms. The molecule has 3 rings (SSSR count). The molecule has 0 saturated heterocycles. The van der Waals surface area contributed by atoms with Crippen LogP contribution in [0.5, 0.6) is 5.75 Å². The maximum atomic E-state index is 12.6. The molecular formula is C17H19NO2S. The van der Waals surface area contributed by atoms with Crippen molar-refractivity contribution < 1.29 is 9.53 Å². The van der Waals surface area contributed by atoms with Crippen LogP contribution in [0.4, 0.5) is 0 Å². The van der Waals surface area contributed by atoms with Gasteiger partial charge >= 0.3 is 0 Å². The lowest BCUT2D eigenvalue weighted by atomic mass is 10.1. The molecule has 3 nitrogen and oxygen atoms in total. The van der Waals surface area contributed by atoms with Gasteiger partial charge in [-0.15, -0.1) is 0 Å². The molecule has 1 saturated carbocycles. The normalized spacial score (nSPS) is 14.0. The summed E-state index contributed by atoms with van der Waals surface area (Å²) in [5.41, 5.74) is 2.27. The fourth-order valence-electron chi connectivity index (χ4n) is 2.41. The van der Waals surface area contributed by atoms with Crippen molar-refractivity contribution in [1.29, 1.82) is 0 Å². The van der Waals surface area contributed by atoms with E-state index in [-0.39, 0.29) is 5.91 Å². The van der Waals surface area contributed by atoms with Crippen molar-refractivity contribution in [3.63, 3.8) is 0 Å². The number of benzene rings is 1. The quantitative estimate of drug-likeness (QED) is 0.817. The molecule has 0 spiro atoms. The predicted molar refractivity (Wildman–Crippen MR) is 84.6 cm³/mol. The molecule has 2 aromatic rings. The van der Waals surface area contributed by atoms with E-state index in [0.717, 1.165) is 30.7 Å². The van der Waals surface area contributed by atoms with E-state index < -0.39 is 0 Å². The fourth-order valence-corrected chi connectivity index (χ4v) is 3.07. The average molecular weight is 301 g/mol. The first-order valence-corrected chi connectivity index (χ1v) is 8.14. The number of thiophene rings is 1. The molecule has 1 aliphatic rings. The summed E-state index contributed by atoms with van der Waals surface area (Å²) in [4.78, 5) is 14.6. The number of nitrogens with zero attached hydrogens (tertiary/aromatic N) is 1. The molecule has 4 heteroatoms. The summed E-state index contributed by atoms with van der Waals surface area (Å²) in [6, 6.07) is 10.3. The van der Waals surface area contributed by atoms with E-state index >= 15 is 0 Å². The second-order valence-corrected chi connectivity index (χ2v) is 6.19. The van der Waals surface area contributed by atoms with Crippen molar-refractivity contribution in [1.82, 2.24) is 4.90 Å². The van der Waals surface area contributed by atoms with Crippen molar-refractivity contribution in [2.45, 2.75) is 31.8 Å². The first-order valence-electron chi connectivity index (χ1n) is 7.20. The summed E-state index contributed by atoms with van der Waals surface area (Å²) in [5, 5.41) is 4.18. The van der Waals surface area contributed by atoms with Gasteiger partial charge in [0.05, 0.1) is 13.5 Å². The Morgan fingerprint density at radius 2 is 2.00 bits per heavy atom. The van der Waals surface area contributed by atoms with Crippen LogP contribution in [-0.4, -0.2) is 24.0 Å². The lowest BCUT2D eigenvalue weighted by molar-refractivity contribution is -0.131. The van der Waals surface area contributed by atoms with Crippen LogP contribution in [0, 0.1) is 0 Å². The molecule has 1 aromatic heterocycles. The minimum absolute atomic E-state index is 0.217. The second-order valence-electron chi connectivity index (χ2n) is 5.41. The van der Waals surface area contributed by atoms with Gasteiger partial charge in [0.25, 0.3) is 0 Å². The van der Waals surface area contributed by atoms with Gasteiger partial charge in [-0.3, -0.25) is 4.79 Å². The molecule has 0 unspecified atom stereocenters. The number of methoxy groups -OCH3 is 1. The Morgan fingerprint density at radius 3 is 2.57 bits per heavy atom. The zero-order valence-electron chi connectivity index (χ0n) is 12.1. The SMILES string of the molecule is COc1ccc(CC(=O)N(Cc2ccsc2)C2CC2)cc1. The highest BCUT2D eigenvalue weighted by Gasteiger charge is 2.32. The summed E-state index contributed by atoms with van der Waals surface area (Å²) < 4.78 is 5.15. The zero-order valence-corrected chi connectivity index (χ0v) is 12.9. The first-order chi connectivity index (χ1) is 10.3. The van der Waals surface area contributed by atoms with Crippen LogP contribution in [-0.2, 0) is 17.8 Å². The van der Waals surface area contributed by atoms with Crippen LogP contribution in [0.3, 0.4) is 0 Å². The Bertz CT molecular complexity index is 588. The van der Waals surface area contributed by atoms with E-state index in [4.69, 9.17) is 4.74 Å². The van der Waals surface area contributed by atoms with Gasteiger partial charge < -0.3 is 9.64 Å². The van der Waals surface area contributed by atoms with Crippen LogP contribution in [0.25, 0.3) is 0 Å². The second kappa shape index (κ2) is 6.31. The summed E-state index contributed by atoms with van der Waals surface area (Å²) >= 11 is 1.68. The topological polar surface area (TPSA) is 29.5 Å². The van der Waals surface area contributed by atoms with Gasteiger partial charge in [-0.2, -0.15) is 11.3 Å². The summed E-state index contributed by atoms with van der Waals surface area (Å²) in [6.45, 7) is 0.739. The Hall–Kier alpha value is -1.81. The molecule has 0 N–H and O–H groups in total. The molecule has 1 amide bonds. The molecule has 21 heavy (non-hydrogen) atoms. The van der Waals surface area contributed by atoms with E-state index in [1.54, 1.807) is 18.4 Å². The lowest BCUT2D eigenvalue weighted by Gasteiger charge is -2.22. The van der Waals surface area contributed by atoms with Crippen molar-refractivity contribution >= 4 is 17.2 Å². The monoisotopic (exact) mass is 301 g/mol. The highest BCUT2D eigenvalue weighted by atomic mass is 32.1. The minimum atomic E-state index is 0.217. The van der Waals surface area contributed by atoms with Gasteiger partial charge in [-0.25, -0.2) is 0 Å². The van der Waals surface area contributed by atoms with Gasteiger partial charge in [0.2, 0.25) is 5.91 Å². The molecule has 1 aliphatic carbocycles. The molecular weight excluding hydrogens is 282 g/mol. The van der Waals surface area contributed by atoms with E-state index in [1.807, 2.05) is 29.2 Å². The van der Waals surface area contributed by atoms with E-state index in [1.165, 1.54) is 5.56 Å². The Balaban J connectivity index is 1.66. The lowest BCUT2D eigenvalue weighted by Crippen LogP contribution is -2.33. The zero-order chi connectivity index (χ0) is 14.7. The largest absolute Gasteiger partial charge is 0.497 e. The molecule has 0 radical (unpaired) electrons. The van der Waals surface area contributed by atoms with Gasteiger partial charge in [0, 0.05) is 12.6 Å². The van der Waals surface area contributed by atoms with Crippen molar-refractivity contribution in [2.75, 3.05) is 7.11 Å². The predicted octanol–water partition coefficient (Wildman–Crippen LogP) is 3.49. The van der Waals surface area contributed by atoms with Crippen LogP contribution < -0.4 is 4.74 Å². The van der Waals surface area contributed by atoms with Crippen molar-refractivity contribution in [2.24, 2.45) is 0 Å². The standard InChI is InChI=1S/C17H19NO2S/c1-20-16-6-2-13(3-7-16)10-17(19)18(15-4-5-15)11-14-8-9-21-12-14/h2-3,6-9,12,15H,4-5,10-11H2,1H3. The Morgan fingerprint density at radius 1 is 1.24 bits per heavy atom. The molecule has 0 aliphatic heterocycles. The van der Waals surface area contributed by atoms with Gasteiger partial charge in [-0.1, -0.05) is 12.1 Å². The number of ether oxygens (including phenoxy) is 1. The number of carbonyl (C=O) groups excluding carboxylic acids is 1. The third-order valence-corrected chi connectivity index (χ3v) is 4.49. The van der Waals surface area contributed by atoms with Gasteiger partial charge in [0.15, 0.2) is 0 Å². The van der Waals surface area contributed by atoms with Crippen molar-refractivity contribution in [3.05, 3.63) is 52.2 Å². The van der Waals surface area contributed by atoms with Crippen LogP contribution >= 0.6 is 11.3 Å². The number of carbonyl (C=O) groups is 1. The summed E-state index contributed by atoms with van der Waals surface area (Å²) in [6.07, 6.45) is 2.74. The van der Waals surface area contributed by atoms with Crippen LogP contribution in [0.1, 0.15) is 24.0 Å². The van der Waals surface area contributed by atoms with E-state index in [2.05, 4.69) is 16.8 Å². The highest BCUT2D eigenvalue weighted by Crippen LogP contribution is 2.29. The molecule has 1 heterocycles. The number of amides is 1. The molecule has 110 valence electrons. The van der Waals surface area contributed by atoms with Gasteiger partial charge in [0.1, 0.15) is 5.75 Å². The van der Waals surface area contributed by atoms with Crippen LogP contribution in [0.15, 0.2) is 41.1 Å². The summed E-state index contributed by atoms with van der Waals surface area (Å²) in [5.74, 6) is 1.04. The van der Waals surface area contributed by atoms with Gasteiger partial charge in [-0.05, 0) is 52.9 Å². The number of rotatable bonds is 6. The summed E-state index contributed by atoms with van der Waals surface area (Å²) in [7, 11) is 1.65. The average Bonchev–Trinajstić information content (AvgIpc) is 3.21. The number of hydrogen-bond acceptors (Lipinski definition) is 3. The molecule has 1 fully saturated rings. The smallest absolute Gasteiger partial charge is 0.227 e. The maximum Gasteiger partial charge on any atom is 0.227 e. The molecule has 1 aromatic carbocycles.